The average molecular weight is 191 g/mol. The highest BCUT2D eigenvalue weighted by Gasteiger charge is 2.56. The van der Waals surface area contributed by atoms with Crippen LogP contribution in [-0.4, -0.2) is 20.8 Å². The maximum absolute atomic E-state index is 11.9. The van der Waals surface area contributed by atoms with Gasteiger partial charge in [-0.15, -0.1) is 5.10 Å². The van der Waals surface area contributed by atoms with Crippen LogP contribution in [-0.2, 0) is 7.05 Å². The predicted molar refractivity (Wildman–Crippen MR) is 49.7 cm³/mol. The van der Waals surface area contributed by atoms with Gasteiger partial charge in [0.2, 0.25) is 0 Å². The average Bonchev–Trinajstić information content (AvgIpc) is 2.56. The topological polar surface area (TPSA) is 47.8 Å². The van der Waals surface area contributed by atoms with Gasteiger partial charge in [-0.25, -0.2) is 0 Å². The van der Waals surface area contributed by atoms with Gasteiger partial charge in [0.25, 0.3) is 0 Å². The molecule has 4 nitrogen and oxygen atoms in total. The smallest absolute Gasteiger partial charge is 0.188 e. The van der Waals surface area contributed by atoms with Crippen molar-refractivity contribution in [3.05, 3.63) is 11.9 Å². The van der Waals surface area contributed by atoms with Crippen molar-refractivity contribution in [1.82, 2.24) is 15.0 Å². The van der Waals surface area contributed by atoms with Gasteiger partial charge < -0.3 is 0 Å². The van der Waals surface area contributed by atoms with Gasteiger partial charge in [-0.3, -0.25) is 9.48 Å². The van der Waals surface area contributed by atoms with Crippen LogP contribution >= 0.6 is 0 Å². The van der Waals surface area contributed by atoms with E-state index >= 15 is 0 Å². The quantitative estimate of drug-likeness (QED) is 0.656. The largest absolute Gasteiger partial charge is 0.292 e. The fourth-order valence-corrected chi connectivity index (χ4v) is 2.84. The van der Waals surface area contributed by atoms with Gasteiger partial charge in [-0.2, -0.15) is 0 Å². The minimum atomic E-state index is 0.216. The normalized spacial score (nSPS) is 34.2. The molecule has 0 radical (unpaired) electrons. The molecule has 2 aliphatic rings. The monoisotopic (exact) mass is 191 g/mol. The Morgan fingerprint density at radius 3 is 2.79 bits per heavy atom. The summed E-state index contributed by atoms with van der Waals surface area (Å²) in [6, 6.07) is 0. The van der Waals surface area contributed by atoms with Crippen molar-refractivity contribution >= 4 is 5.78 Å². The highest BCUT2D eigenvalue weighted by atomic mass is 16.1. The molecule has 1 aromatic heterocycles. The summed E-state index contributed by atoms with van der Waals surface area (Å²) >= 11 is 0. The standard InChI is InChI=1S/C10H13N3O/c1-13-5-8(11-12-13)10(14)9-6-3-2-4-7(6)9/h5-7,9H,2-4H2,1H3. The lowest BCUT2D eigenvalue weighted by atomic mass is 10.1. The second-order valence-corrected chi connectivity index (χ2v) is 4.43. The Bertz CT molecular complexity index is 374. The summed E-state index contributed by atoms with van der Waals surface area (Å²) in [4.78, 5) is 11.9. The van der Waals surface area contributed by atoms with E-state index in [0.717, 1.165) is 0 Å². The fourth-order valence-electron chi connectivity index (χ4n) is 2.84. The number of hydrogen-bond acceptors (Lipinski definition) is 3. The van der Waals surface area contributed by atoms with E-state index in [4.69, 9.17) is 0 Å². The molecule has 2 unspecified atom stereocenters. The Morgan fingerprint density at radius 2 is 2.21 bits per heavy atom. The van der Waals surface area contributed by atoms with E-state index in [1.54, 1.807) is 17.9 Å². The van der Waals surface area contributed by atoms with E-state index < -0.39 is 0 Å². The first kappa shape index (κ1) is 8.15. The number of fused-ring (bicyclic) bond motifs is 1. The summed E-state index contributed by atoms with van der Waals surface area (Å²) in [5.74, 6) is 1.84. The van der Waals surface area contributed by atoms with Crippen molar-refractivity contribution in [1.29, 1.82) is 0 Å². The summed E-state index contributed by atoms with van der Waals surface area (Å²) in [7, 11) is 1.79. The second kappa shape index (κ2) is 2.65. The first-order valence-electron chi connectivity index (χ1n) is 5.18. The number of carbonyl (C=O) groups is 1. The number of nitrogens with zero attached hydrogens (tertiary/aromatic N) is 3. The Labute approximate surface area is 82.3 Å². The molecule has 0 aliphatic heterocycles. The minimum absolute atomic E-state index is 0.216. The summed E-state index contributed by atoms with van der Waals surface area (Å²) in [5.41, 5.74) is 0.548. The Kier molecular flexibility index (Phi) is 1.54. The Morgan fingerprint density at radius 1 is 1.50 bits per heavy atom. The van der Waals surface area contributed by atoms with Crippen LogP contribution in [0.25, 0.3) is 0 Å². The van der Waals surface area contributed by atoms with E-state index in [1.807, 2.05) is 0 Å². The van der Waals surface area contributed by atoms with E-state index in [-0.39, 0.29) is 11.7 Å². The number of carbonyl (C=O) groups excluding carboxylic acids is 1. The van der Waals surface area contributed by atoms with Crippen LogP contribution in [0.15, 0.2) is 6.20 Å². The third-order valence-electron chi connectivity index (χ3n) is 3.56. The molecule has 1 heterocycles. The van der Waals surface area contributed by atoms with Crippen LogP contribution in [0.4, 0.5) is 0 Å². The van der Waals surface area contributed by atoms with Gasteiger partial charge in [0.05, 0.1) is 6.20 Å². The van der Waals surface area contributed by atoms with Crippen LogP contribution in [0.3, 0.4) is 0 Å². The van der Waals surface area contributed by atoms with Crippen LogP contribution < -0.4 is 0 Å². The van der Waals surface area contributed by atoms with Crippen LogP contribution in [0, 0.1) is 17.8 Å². The summed E-state index contributed by atoms with van der Waals surface area (Å²) in [5, 5.41) is 7.66. The van der Waals surface area contributed by atoms with E-state index in [9.17, 15) is 4.79 Å². The van der Waals surface area contributed by atoms with Crippen molar-refractivity contribution in [3.63, 3.8) is 0 Å². The number of aromatic nitrogens is 3. The molecule has 1 aromatic rings. The van der Waals surface area contributed by atoms with E-state index in [1.165, 1.54) is 19.3 Å². The molecular formula is C10H13N3O. The maximum Gasteiger partial charge on any atom is 0.188 e. The fraction of sp³-hybridized carbons (Fsp3) is 0.700. The van der Waals surface area contributed by atoms with Crippen molar-refractivity contribution in [2.45, 2.75) is 19.3 Å². The molecule has 0 N–H and O–H groups in total. The molecule has 4 heteroatoms. The molecule has 0 amide bonds. The van der Waals surface area contributed by atoms with Gasteiger partial charge in [-0.1, -0.05) is 11.6 Å². The molecule has 74 valence electrons. The van der Waals surface area contributed by atoms with Gasteiger partial charge >= 0.3 is 0 Å². The van der Waals surface area contributed by atoms with Crippen LogP contribution in [0.5, 0.6) is 0 Å². The number of ketones is 1. The number of hydrogen-bond donors (Lipinski definition) is 0. The predicted octanol–water partition coefficient (Wildman–Crippen LogP) is 1.04. The third-order valence-corrected chi connectivity index (χ3v) is 3.56. The van der Waals surface area contributed by atoms with E-state index in [0.29, 0.717) is 17.5 Å². The minimum Gasteiger partial charge on any atom is -0.292 e. The number of Topliss-reactive ketones (excluding diaryl/α,β-unsaturated/α-hetero) is 1. The van der Waals surface area contributed by atoms with Crippen LogP contribution in [0.1, 0.15) is 29.8 Å². The van der Waals surface area contributed by atoms with Gasteiger partial charge in [0, 0.05) is 13.0 Å². The lowest BCUT2D eigenvalue weighted by Gasteiger charge is -1.97. The lowest BCUT2D eigenvalue weighted by molar-refractivity contribution is 0.0946. The van der Waals surface area contributed by atoms with Gasteiger partial charge in [-0.05, 0) is 24.7 Å². The highest BCUT2D eigenvalue weighted by Crippen LogP contribution is 2.58. The molecule has 2 atom stereocenters. The maximum atomic E-state index is 11.9. The molecular weight excluding hydrogens is 178 g/mol. The zero-order valence-corrected chi connectivity index (χ0v) is 8.18. The molecule has 0 spiro atoms. The molecule has 3 rings (SSSR count). The molecule has 0 saturated heterocycles. The molecule has 2 saturated carbocycles. The number of aryl methyl sites for hydroxylation is 1. The summed E-state index contributed by atoms with van der Waals surface area (Å²) in [6.07, 6.45) is 5.50. The number of rotatable bonds is 2. The van der Waals surface area contributed by atoms with Crippen molar-refractivity contribution in [2.75, 3.05) is 0 Å². The SMILES string of the molecule is Cn1cc(C(=O)C2C3CCCC32)nn1. The van der Waals surface area contributed by atoms with E-state index in [2.05, 4.69) is 10.3 Å². The van der Waals surface area contributed by atoms with Crippen molar-refractivity contribution in [3.8, 4) is 0 Å². The second-order valence-electron chi connectivity index (χ2n) is 4.43. The lowest BCUT2D eigenvalue weighted by Crippen LogP contribution is -2.06. The Hall–Kier alpha value is -1.19. The molecule has 14 heavy (non-hydrogen) atoms. The first-order chi connectivity index (χ1) is 6.77. The summed E-state index contributed by atoms with van der Waals surface area (Å²) < 4.78 is 1.59. The summed E-state index contributed by atoms with van der Waals surface area (Å²) in [6.45, 7) is 0. The molecule has 2 fully saturated rings. The molecule has 0 aromatic carbocycles. The van der Waals surface area contributed by atoms with Crippen LogP contribution in [0.2, 0.25) is 0 Å². The van der Waals surface area contributed by atoms with Crippen molar-refractivity contribution < 1.29 is 4.79 Å². The third kappa shape index (κ3) is 1.03. The molecule has 2 aliphatic carbocycles. The Balaban J connectivity index is 1.78. The van der Waals surface area contributed by atoms with Gasteiger partial charge in [0.15, 0.2) is 5.78 Å². The van der Waals surface area contributed by atoms with Crippen molar-refractivity contribution in [2.24, 2.45) is 24.8 Å². The zero-order chi connectivity index (χ0) is 9.71. The van der Waals surface area contributed by atoms with Gasteiger partial charge in [0.1, 0.15) is 5.69 Å². The first-order valence-corrected chi connectivity index (χ1v) is 5.18. The molecule has 0 bridgehead atoms. The zero-order valence-electron chi connectivity index (χ0n) is 8.18. The highest BCUT2D eigenvalue weighted by molar-refractivity contribution is 5.98.